The highest BCUT2D eigenvalue weighted by atomic mass is 32.3. The van der Waals surface area contributed by atoms with Crippen LogP contribution in [0.25, 0.3) is 0 Å². The molecular weight excluding hydrogens is 356 g/mol. The highest BCUT2D eigenvalue weighted by molar-refractivity contribution is 7.88. The zero-order chi connectivity index (χ0) is 17.4. The first-order chi connectivity index (χ1) is 10.5. The van der Waals surface area contributed by atoms with E-state index in [0.29, 0.717) is 5.06 Å². The summed E-state index contributed by atoms with van der Waals surface area (Å²) in [5.74, 6) is -0.341. The molecule has 0 aromatic carbocycles. The molecule has 2 fully saturated rings. The van der Waals surface area contributed by atoms with Crippen molar-refractivity contribution >= 4 is 32.5 Å². The van der Waals surface area contributed by atoms with Crippen LogP contribution in [0.5, 0.6) is 0 Å². The zero-order valence-corrected chi connectivity index (χ0v) is 13.3. The Kier molecular flexibility index (Phi) is 4.79. The average Bonchev–Trinajstić information content (AvgIpc) is 2.62. The minimum Gasteiger partial charge on any atom is -0.385 e. The second-order valence-electron chi connectivity index (χ2n) is 4.85. The van der Waals surface area contributed by atoms with Gasteiger partial charge in [0, 0.05) is 6.54 Å². The normalized spacial score (nSPS) is 26.0. The number of hydrogen-bond donors (Lipinski definition) is 4. The summed E-state index contributed by atoms with van der Waals surface area (Å²) in [4.78, 5) is 13.2. The Morgan fingerprint density at radius 3 is 2.61 bits per heavy atom. The van der Waals surface area contributed by atoms with Gasteiger partial charge in [-0.05, 0) is 12.8 Å². The molecule has 2 amide bonds. The van der Waals surface area contributed by atoms with Crippen molar-refractivity contribution in [1.29, 1.82) is 0 Å². The lowest BCUT2D eigenvalue weighted by Crippen LogP contribution is -2.48. The van der Waals surface area contributed by atoms with Gasteiger partial charge in [-0.15, -0.1) is 8.68 Å². The molecule has 13 nitrogen and oxygen atoms in total. The van der Waals surface area contributed by atoms with Crippen molar-refractivity contribution in [3.8, 4) is 0 Å². The standard InChI is InChI=1S/C8H16N6O7S2/c9-4-11-22(16,17)12-7(10)6-2-1-5-3-13(6)8(15)14(5)21-23(18,19)20/h5-6,11H,1-4,9H2,(H2,10,12)(H,18,19,20). The summed E-state index contributed by atoms with van der Waals surface area (Å²) in [7, 11) is -8.94. The van der Waals surface area contributed by atoms with E-state index in [9.17, 15) is 21.6 Å². The van der Waals surface area contributed by atoms with Gasteiger partial charge in [-0.3, -0.25) is 4.55 Å². The van der Waals surface area contributed by atoms with E-state index < -0.39 is 38.7 Å². The number of rotatable bonds is 6. The number of urea groups is 1. The van der Waals surface area contributed by atoms with E-state index in [1.807, 2.05) is 4.72 Å². The lowest BCUT2D eigenvalue weighted by Gasteiger charge is -2.29. The molecule has 2 unspecified atom stereocenters. The second-order valence-corrected chi connectivity index (χ2v) is 7.28. The second kappa shape index (κ2) is 6.17. The van der Waals surface area contributed by atoms with Crippen LogP contribution in [-0.2, 0) is 24.9 Å². The molecule has 2 rings (SSSR count). The summed E-state index contributed by atoms with van der Waals surface area (Å²) in [6, 6.07) is -2.31. The summed E-state index contributed by atoms with van der Waals surface area (Å²) in [5, 5.41) is 0.523. The van der Waals surface area contributed by atoms with Crippen LogP contribution in [0, 0.1) is 0 Å². The SMILES string of the molecule is NCNS(=O)(=O)N=C(N)C1CCC2CN1C(=O)N2OS(=O)(=O)O. The largest absolute Gasteiger partial charge is 0.418 e. The van der Waals surface area contributed by atoms with Gasteiger partial charge in [0.2, 0.25) is 0 Å². The van der Waals surface area contributed by atoms with Gasteiger partial charge in [-0.2, -0.15) is 26.6 Å². The van der Waals surface area contributed by atoms with Crippen molar-refractivity contribution in [2.45, 2.75) is 24.9 Å². The number of carbonyl (C=O) groups is 1. The maximum absolute atomic E-state index is 12.1. The van der Waals surface area contributed by atoms with E-state index in [-0.39, 0.29) is 31.9 Å². The monoisotopic (exact) mass is 372 g/mol. The molecule has 2 saturated heterocycles. The summed E-state index contributed by atoms with van der Waals surface area (Å²) >= 11 is 0. The minimum atomic E-state index is -4.86. The van der Waals surface area contributed by atoms with Crippen molar-refractivity contribution in [2.75, 3.05) is 13.2 Å². The molecule has 0 aromatic heterocycles. The lowest BCUT2D eigenvalue weighted by atomic mass is 10.0. The maximum Gasteiger partial charge on any atom is 0.418 e. The number of hydrogen-bond acceptors (Lipinski definition) is 7. The third-order valence-corrected chi connectivity index (χ3v) is 4.66. The summed E-state index contributed by atoms with van der Waals surface area (Å²) < 4.78 is 62.7. The van der Waals surface area contributed by atoms with Gasteiger partial charge in [0.1, 0.15) is 5.84 Å². The third kappa shape index (κ3) is 4.06. The first-order valence-corrected chi connectivity index (χ1v) is 9.16. The number of hydroxylamine groups is 2. The van der Waals surface area contributed by atoms with Crippen molar-refractivity contribution in [1.82, 2.24) is 14.7 Å². The predicted octanol–water partition coefficient (Wildman–Crippen LogP) is -2.90. The van der Waals surface area contributed by atoms with E-state index in [1.165, 1.54) is 0 Å². The molecule has 0 saturated carbocycles. The lowest BCUT2D eigenvalue weighted by molar-refractivity contribution is -0.0316. The Bertz CT molecular complexity index is 719. The van der Waals surface area contributed by atoms with Crippen molar-refractivity contribution < 1.29 is 30.5 Å². The highest BCUT2D eigenvalue weighted by Gasteiger charge is 2.48. The molecule has 2 heterocycles. The summed E-state index contributed by atoms with van der Waals surface area (Å²) in [6.07, 6.45) is 0.526. The molecular formula is C8H16N6O7S2. The van der Waals surface area contributed by atoms with E-state index >= 15 is 0 Å². The number of amidine groups is 1. The number of nitrogens with zero attached hydrogens (tertiary/aromatic N) is 3. The first kappa shape index (κ1) is 17.8. The molecule has 15 heteroatoms. The van der Waals surface area contributed by atoms with Gasteiger partial charge in [-0.1, -0.05) is 0 Å². The van der Waals surface area contributed by atoms with Gasteiger partial charge >= 0.3 is 26.6 Å². The molecule has 132 valence electrons. The highest BCUT2D eigenvalue weighted by Crippen LogP contribution is 2.30. The van der Waals surface area contributed by atoms with Crippen LogP contribution < -0.4 is 16.2 Å². The van der Waals surface area contributed by atoms with Gasteiger partial charge in [0.05, 0.1) is 18.8 Å². The molecule has 0 aromatic rings. The van der Waals surface area contributed by atoms with E-state index in [1.54, 1.807) is 0 Å². The van der Waals surface area contributed by atoms with Crippen LogP contribution in [-0.4, -0.2) is 68.5 Å². The van der Waals surface area contributed by atoms with Crippen LogP contribution >= 0.6 is 0 Å². The number of piperidine rings is 1. The molecule has 0 radical (unpaired) electrons. The number of amides is 2. The fraction of sp³-hybridized carbons (Fsp3) is 0.750. The Labute approximate surface area is 132 Å². The van der Waals surface area contributed by atoms with Crippen molar-refractivity contribution in [3.63, 3.8) is 0 Å². The quantitative estimate of drug-likeness (QED) is 0.163. The molecule has 2 aliphatic rings. The number of carbonyl (C=O) groups excluding carboxylic acids is 1. The van der Waals surface area contributed by atoms with Crippen LogP contribution in [0.3, 0.4) is 0 Å². The topological polar surface area (TPSA) is 198 Å². The Balaban J connectivity index is 2.20. The molecule has 2 bridgehead atoms. The Morgan fingerprint density at radius 2 is 2.04 bits per heavy atom. The summed E-state index contributed by atoms with van der Waals surface area (Å²) in [5.41, 5.74) is 10.7. The molecule has 0 spiro atoms. The van der Waals surface area contributed by atoms with Crippen molar-refractivity contribution in [3.05, 3.63) is 0 Å². The molecule has 2 atom stereocenters. The third-order valence-electron chi connectivity index (χ3n) is 3.33. The molecule has 6 N–H and O–H groups in total. The van der Waals surface area contributed by atoms with Crippen LogP contribution in [0.15, 0.2) is 4.40 Å². The first-order valence-electron chi connectivity index (χ1n) is 6.36. The van der Waals surface area contributed by atoms with E-state index in [2.05, 4.69) is 8.68 Å². The van der Waals surface area contributed by atoms with Crippen LogP contribution in [0.2, 0.25) is 0 Å². The van der Waals surface area contributed by atoms with E-state index in [4.69, 9.17) is 16.0 Å². The Morgan fingerprint density at radius 1 is 1.39 bits per heavy atom. The smallest absolute Gasteiger partial charge is 0.385 e. The minimum absolute atomic E-state index is 0.0552. The van der Waals surface area contributed by atoms with Gasteiger partial charge in [-0.25, -0.2) is 4.79 Å². The molecule has 23 heavy (non-hydrogen) atoms. The van der Waals surface area contributed by atoms with Crippen LogP contribution in [0.1, 0.15) is 12.8 Å². The fourth-order valence-corrected chi connectivity index (χ4v) is 3.54. The van der Waals surface area contributed by atoms with Gasteiger partial charge in [0.25, 0.3) is 0 Å². The van der Waals surface area contributed by atoms with Gasteiger partial charge < -0.3 is 16.4 Å². The number of nitrogens with one attached hydrogen (secondary N) is 1. The Hall–Kier alpha value is -1.52. The summed E-state index contributed by atoms with van der Waals surface area (Å²) in [6.45, 7) is -0.315. The zero-order valence-electron chi connectivity index (χ0n) is 11.7. The van der Waals surface area contributed by atoms with Crippen LogP contribution in [0.4, 0.5) is 4.79 Å². The van der Waals surface area contributed by atoms with Gasteiger partial charge in [0.15, 0.2) is 0 Å². The maximum atomic E-state index is 12.1. The predicted molar refractivity (Wildman–Crippen MR) is 76.1 cm³/mol. The molecule has 2 aliphatic heterocycles. The van der Waals surface area contributed by atoms with E-state index in [0.717, 1.165) is 4.90 Å². The molecule has 0 aliphatic carbocycles. The number of fused-ring (bicyclic) bond motifs is 2. The van der Waals surface area contributed by atoms with Crippen molar-refractivity contribution in [2.24, 2.45) is 15.9 Å². The fourth-order valence-electron chi connectivity index (χ4n) is 2.48. The number of nitrogens with two attached hydrogens (primary N) is 2. The average molecular weight is 372 g/mol.